The lowest BCUT2D eigenvalue weighted by molar-refractivity contribution is -0.117. The van der Waals surface area contributed by atoms with Crippen molar-refractivity contribution in [2.75, 3.05) is 0 Å². The Morgan fingerprint density at radius 3 is 2.80 bits per heavy atom. The van der Waals surface area contributed by atoms with E-state index in [2.05, 4.69) is 0 Å². The molecule has 15 heavy (non-hydrogen) atoms. The highest BCUT2D eigenvalue weighted by atomic mass is 35.5. The van der Waals surface area contributed by atoms with Gasteiger partial charge in [0.05, 0.1) is 10.8 Å². The lowest BCUT2D eigenvalue weighted by Gasteiger charge is -2.08. The molecule has 1 saturated carbocycles. The normalized spacial score (nSPS) is 23.0. The molecule has 2 atom stereocenters. The van der Waals surface area contributed by atoms with E-state index in [1.165, 1.54) is 0 Å². The van der Waals surface area contributed by atoms with E-state index < -0.39 is 10.8 Å². The molecule has 0 aliphatic heterocycles. The van der Waals surface area contributed by atoms with Gasteiger partial charge in [0.1, 0.15) is 5.78 Å². The molecule has 0 heterocycles. The molecule has 0 aromatic heterocycles. The van der Waals surface area contributed by atoms with Gasteiger partial charge in [-0.3, -0.25) is 9.00 Å². The summed E-state index contributed by atoms with van der Waals surface area (Å²) in [4.78, 5) is 11.8. The average Bonchev–Trinajstić information content (AvgIpc) is 2.64. The Kier molecular flexibility index (Phi) is 3.22. The quantitative estimate of drug-likeness (QED) is 0.799. The van der Waals surface area contributed by atoms with Crippen LogP contribution >= 0.6 is 11.6 Å². The van der Waals surface area contributed by atoms with Crippen LogP contribution in [-0.4, -0.2) is 15.2 Å². The summed E-state index contributed by atoms with van der Waals surface area (Å²) in [6.45, 7) is 0. The van der Waals surface area contributed by atoms with E-state index in [1.54, 1.807) is 24.3 Å². The Balaban J connectivity index is 2.17. The van der Waals surface area contributed by atoms with Crippen LogP contribution in [0.1, 0.15) is 19.3 Å². The van der Waals surface area contributed by atoms with Crippen molar-refractivity contribution < 1.29 is 9.00 Å². The number of rotatable bonds is 2. The lowest BCUT2D eigenvalue weighted by atomic mass is 10.4. The predicted octanol–water partition coefficient (Wildman–Crippen LogP) is 2.57. The zero-order valence-electron chi connectivity index (χ0n) is 8.11. The fourth-order valence-electron chi connectivity index (χ4n) is 1.75. The highest BCUT2D eigenvalue weighted by molar-refractivity contribution is 7.85. The van der Waals surface area contributed by atoms with E-state index in [-0.39, 0.29) is 11.0 Å². The smallest absolute Gasteiger partial charge is 0.134 e. The maximum atomic E-state index is 12.0. The largest absolute Gasteiger partial charge is 0.300 e. The highest BCUT2D eigenvalue weighted by Gasteiger charge is 2.27. The monoisotopic (exact) mass is 242 g/mol. The molecule has 1 fully saturated rings. The van der Waals surface area contributed by atoms with Crippen molar-refractivity contribution in [2.24, 2.45) is 0 Å². The molecule has 80 valence electrons. The van der Waals surface area contributed by atoms with Crippen LogP contribution in [-0.2, 0) is 15.6 Å². The van der Waals surface area contributed by atoms with Gasteiger partial charge in [-0.2, -0.15) is 0 Å². The van der Waals surface area contributed by atoms with Crippen molar-refractivity contribution in [1.82, 2.24) is 0 Å². The number of ketones is 1. The molecule has 1 aliphatic rings. The Bertz CT molecular complexity index is 417. The second-order valence-electron chi connectivity index (χ2n) is 3.66. The second-order valence-corrected chi connectivity index (χ2v) is 5.83. The van der Waals surface area contributed by atoms with E-state index in [4.69, 9.17) is 11.6 Å². The molecule has 1 aromatic rings. The molecule has 0 radical (unpaired) electrons. The van der Waals surface area contributed by atoms with Crippen molar-refractivity contribution >= 4 is 28.2 Å². The molecular formula is C11H11ClO2S. The molecule has 2 nitrogen and oxygen atoms in total. The topological polar surface area (TPSA) is 34.1 Å². The number of hydrogen-bond donors (Lipinski definition) is 0. The first-order valence-electron chi connectivity index (χ1n) is 4.84. The van der Waals surface area contributed by atoms with Gasteiger partial charge >= 0.3 is 0 Å². The van der Waals surface area contributed by atoms with Gasteiger partial charge in [-0.1, -0.05) is 17.7 Å². The van der Waals surface area contributed by atoms with E-state index >= 15 is 0 Å². The fraction of sp³-hybridized carbons (Fsp3) is 0.364. The summed E-state index contributed by atoms with van der Waals surface area (Å²) in [5.74, 6) is 0.218. The summed E-state index contributed by atoms with van der Waals surface area (Å²) >= 11 is 5.82. The van der Waals surface area contributed by atoms with Gasteiger partial charge in [-0.05, 0) is 24.6 Å². The van der Waals surface area contributed by atoms with Crippen LogP contribution in [0.15, 0.2) is 29.2 Å². The SMILES string of the molecule is O=C1CCC(S(=O)c2cccc(Cl)c2)C1. The Hall–Kier alpha value is -0.670. The van der Waals surface area contributed by atoms with Crippen molar-refractivity contribution in [1.29, 1.82) is 0 Å². The minimum Gasteiger partial charge on any atom is -0.300 e. The minimum atomic E-state index is -1.09. The van der Waals surface area contributed by atoms with Gasteiger partial charge < -0.3 is 0 Å². The van der Waals surface area contributed by atoms with Crippen molar-refractivity contribution in [2.45, 2.75) is 29.4 Å². The van der Waals surface area contributed by atoms with Gasteiger partial charge in [0, 0.05) is 28.0 Å². The molecule has 4 heteroatoms. The first-order valence-corrected chi connectivity index (χ1v) is 6.44. The molecular weight excluding hydrogens is 232 g/mol. The van der Waals surface area contributed by atoms with Gasteiger partial charge in [0.2, 0.25) is 0 Å². The summed E-state index contributed by atoms with van der Waals surface area (Å²) in [7, 11) is -1.09. The van der Waals surface area contributed by atoms with Crippen molar-refractivity contribution in [3.05, 3.63) is 29.3 Å². The summed E-state index contributed by atoms with van der Waals surface area (Å²) in [5.41, 5.74) is 0. The van der Waals surface area contributed by atoms with Crippen LogP contribution in [0.4, 0.5) is 0 Å². The van der Waals surface area contributed by atoms with E-state index in [0.717, 1.165) is 11.3 Å². The van der Waals surface area contributed by atoms with E-state index in [0.29, 0.717) is 17.9 Å². The number of carbonyl (C=O) groups excluding carboxylic acids is 1. The molecule has 2 unspecified atom stereocenters. The molecule has 0 N–H and O–H groups in total. The number of carbonyl (C=O) groups is 1. The Labute approximate surface area is 96.1 Å². The highest BCUT2D eigenvalue weighted by Crippen LogP contribution is 2.25. The summed E-state index contributed by atoms with van der Waals surface area (Å²) in [6, 6.07) is 7.04. The molecule has 0 amide bonds. The maximum absolute atomic E-state index is 12.0. The molecule has 1 aromatic carbocycles. The summed E-state index contributed by atoms with van der Waals surface area (Å²) in [5, 5.41) is 0.571. The van der Waals surface area contributed by atoms with Crippen molar-refractivity contribution in [3.8, 4) is 0 Å². The zero-order chi connectivity index (χ0) is 10.8. The van der Waals surface area contributed by atoms with Crippen LogP contribution in [0.5, 0.6) is 0 Å². The number of hydrogen-bond acceptors (Lipinski definition) is 2. The molecule has 1 aliphatic carbocycles. The average molecular weight is 243 g/mol. The number of Topliss-reactive ketones (excluding diaryl/α,β-unsaturated/α-hetero) is 1. The first-order chi connectivity index (χ1) is 7.16. The van der Waals surface area contributed by atoms with Gasteiger partial charge in [0.15, 0.2) is 0 Å². The van der Waals surface area contributed by atoms with Crippen LogP contribution in [0.25, 0.3) is 0 Å². The van der Waals surface area contributed by atoms with Crippen LogP contribution in [0.2, 0.25) is 5.02 Å². The van der Waals surface area contributed by atoms with Crippen molar-refractivity contribution in [3.63, 3.8) is 0 Å². The fourth-order valence-corrected chi connectivity index (χ4v) is 3.51. The van der Waals surface area contributed by atoms with Crippen LogP contribution in [0.3, 0.4) is 0 Å². The van der Waals surface area contributed by atoms with Gasteiger partial charge in [-0.15, -0.1) is 0 Å². The third-order valence-corrected chi connectivity index (χ3v) is 4.49. The molecule has 0 bridgehead atoms. The van der Waals surface area contributed by atoms with E-state index in [1.807, 2.05) is 0 Å². The molecule has 2 rings (SSSR count). The number of halogens is 1. The first kappa shape index (κ1) is 10.8. The standard InChI is InChI=1S/C11H11ClO2S/c12-8-2-1-3-10(6-8)15(14)11-5-4-9(13)7-11/h1-3,6,11H,4-5,7H2. The van der Waals surface area contributed by atoms with Crippen LogP contribution < -0.4 is 0 Å². The Morgan fingerprint density at radius 1 is 1.40 bits per heavy atom. The molecule has 0 saturated heterocycles. The summed E-state index contributed by atoms with van der Waals surface area (Å²) < 4.78 is 12.0. The second kappa shape index (κ2) is 4.45. The van der Waals surface area contributed by atoms with Gasteiger partial charge in [0.25, 0.3) is 0 Å². The molecule has 0 spiro atoms. The van der Waals surface area contributed by atoms with Gasteiger partial charge in [-0.25, -0.2) is 0 Å². The third kappa shape index (κ3) is 2.47. The predicted molar refractivity (Wildman–Crippen MR) is 60.5 cm³/mol. The zero-order valence-corrected chi connectivity index (χ0v) is 9.68. The third-order valence-electron chi connectivity index (χ3n) is 2.53. The van der Waals surface area contributed by atoms with Crippen LogP contribution in [0, 0.1) is 0 Å². The van der Waals surface area contributed by atoms with E-state index in [9.17, 15) is 9.00 Å². The number of benzene rings is 1. The lowest BCUT2D eigenvalue weighted by Crippen LogP contribution is -2.11. The summed E-state index contributed by atoms with van der Waals surface area (Å²) in [6.07, 6.45) is 1.74. The Morgan fingerprint density at radius 2 is 2.20 bits per heavy atom. The minimum absolute atomic E-state index is 0.0176. The maximum Gasteiger partial charge on any atom is 0.134 e.